The van der Waals surface area contributed by atoms with Gasteiger partial charge in [0.25, 0.3) is 0 Å². The summed E-state index contributed by atoms with van der Waals surface area (Å²) >= 11 is 0. The van der Waals surface area contributed by atoms with Gasteiger partial charge in [-0.3, -0.25) is 0 Å². The fraction of sp³-hybridized carbons (Fsp3) is 0.933. The molecular weight excluding hydrogens is 208 g/mol. The molecule has 1 rings (SSSR count). The second-order valence-electron chi connectivity index (χ2n) is 5.20. The van der Waals surface area contributed by atoms with Crippen LogP contribution >= 0.6 is 0 Å². The molecule has 2 atom stereocenters. The number of rotatable bonds is 7. The quantitative estimate of drug-likeness (QED) is 0.536. The molecule has 0 bridgehead atoms. The average Bonchev–Trinajstić information content (AvgIpc) is 2.39. The van der Waals surface area contributed by atoms with Gasteiger partial charge in [-0.2, -0.15) is 0 Å². The Hall–Kier alpha value is -0.550. The first kappa shape index (κ1) is 16.4. The van der Waals surface area contributed by atoms with Crippen LogP contribution in [0.2, 0.25) is 0 Å². The van der Waals surface area contributed by atoms with E-state index in [1.165, 1.54) is 70.9 Å². The summed E-state index contributed by atoms with van der Waals surface area (Å²) in [4.78, 5) is 1.93. The number of unbranched alkanes of at least 4 members (excludes halogenated alkanes) is 3. The van der Waals surface area contributed by atoms with E-state index in [-0.39, 0.29) is 0 Å². The molecule has 0 aromatic heterocycles. The zero-order valence-corrected chi connectivity index (χ0v) is 11.8. The number of quaternary nitrogens is 1. The third kappa shape index (κ3) is 7.39. The van der Waals surface area contributed by atoms with Crippen molar-refractivity contribution in [2.24, 2.45) is 0 Å². The standard InChI is InChI=1S/C14H29N.CN/c1-3-5-6-8-12-15-13-9-7-11-14(15)10-4-2;1-2/h14H,3-13H2,1-2H3;/q;-1/p+1. The van der Waals surface area contributed by atoms with Crippen molar-refractivity contribution < 1.29 is 4.90 Å². The summed E-state index contributed by atoms with van der Waals surface area (Å²) in [5, 5.41) is 6.25. The zero-order valence-electron chi connectivity index (χ0n) is 11.8. The number of hydrogen-bond donors (Lipinski definition) is 1. The first-order chi connectivity index (χ1) is 8.38. The van der Waals surface area contributed by atoms with Gasteiger partial charge in [-0.1, -0.05) is 33.1 Å². The Labute approximate surface area is 108 Å². The van der Waals surface area contributed by atoms with Crippen LogP contribution in [0.3, 0.4) is 0 Å². The Morgan fingerprint density at radius 3 is 2.47 bits per heavy atom. The minimum Gasteiger partial charge on any atom is -0.512 e. The molecule has 2 nitrogen and oxygen atoms in total. The van der Waals surface area contributed by atoms with Gasteiger partial charge in [-0.05, 0) is 38.5 Å². The average molecular weight is 238 g/mol. The molecule has 2 unspecified atom stereocenters. The first-order valence-corrected chi connectivity index (χ1v) is 7.45. The number of hydrogen-bond acceptors (Lipinski definition) is 1. The maximum atomic E-state index is 6.25. The zero-order chi connectivity index (χ0) is 12.9. The van der Waals surface area contributed by atoms with Crippen molar-refractivity contribution in [2.45, 2.75) is 77.7 Å². The minimum absolute atomic E-state index is 1.00. The lowest BCUT2D eigenvalue weighted by atomic mass is 9.98. The molecule has 0 aliphatic carbocycles. The molecule has 1 saturated heterocycles. The topological polar surface area (TPSA) is 28.2 Å². The molecule has 0 aromatic carbocycles. The van der Waals surface area contributed by atoms with Crippen LogP contribution in [-0.2, 0) is 0 Å². The van der Waals surface area contributed by atoms with Crippen LogP contribution in [0, 0.1) is 11.8 Å². The summed E-state index contributed by atoms with van der Waals surface area (Å²) in [5.41, 5.74) is 0. The molecule has 0 amide bonds. The SMILES string of the molecule is CCCCCC[NH+]1CCCCC1CCC.[C-]#N. The van der Waals surface area contributed by atoms with Crippen LogP contribution in [0.1, 0.15) is 71.6 Å². The van der Waals surface area contributed by atoms with E-state index in [1.807, 2.05) is 4.90 Å². The molecule has 0 saturated carbocycles. The van der Waals surface area contributed by atoms with Gasteiger partial charge in [0, 0.05) is 0 Å². The highest BCUT2D eigenvalue weighted by Crippen LogP contribution is 2.08. The summed E-state index contributed by atoms with van der Waals surface area (Å²) < 4.78 is 0. The van der Waals surface area contributed by atoms with Gasteiger partial charge < -0.3 is 16.7 Å². The molecule has 1 aliphatic heterocycles. The fourth-order valence-electron chi connectivity index (χ4n) is 2.96. The van der Waals surface area contributed by atoms with Crippen LogP contribution in [0.25, 0.3) is 0 Å². The van der Waals surface area contributed by atoms with Crippen molar-refractivity contribution in [2.75, 3.05) is 13.1 Å². The first-order valence-electron chi connectivity index (χ1n) is 7.45. The van der Waals surface area contributed by atoms with E-state index in [0.29, 0.717) is 0 Å². The molecule has 1 heterocycles. The van der Waals surface area contributed by atoms with Gasteiger partial charge >= 0.3 is 0 Å². The molecule has 1 aliphatic rings. The van der Waals surface area contributed by atoms with Gasteiger partial charge in [0.2, 0.25) is 0 Å². The number of piperidine rings is 1. The van der Waals surface area contributed by atoms with Gasteiger partial charge in [0.1, 0.15) is 0 Å². The van der Waals surface area contributed by atoms with Crippen molar-refractivity contribution in [3.8, 4) is 0 Å². The van der Waals surface area contributed by atoms with Gasteiger partial charge in [0.15, 0.2) is 0 Å². The molecule has 1 fully saturated rings. The van der Waals surface area contributed by atoms with E-state index in [1.54, 1.807) is 0 Å². The van der Waals surface area contributed by atoms with E-state index in [2.05, 4.69) is 13.8 Å². The van der Waals surface area contributed by atoms with Gasteiger partial charge in [0.05, 0.1) is 19.1 Å². The summed E-state index contributed by atoms with van der Waals surface area (Å²) in [6.45, 7) is 12.3. The predicted molar refractivity (Wildman–Crippen MR) is 72.4 cm³/mol. The van der Waals surface area contributed by atoms with Crippen LogP contribution in [-0.4, -0.2) is 19.1 Å². The third-order valence-electron chi connectivity index (χ3n) is 3.87. The van der Waals surface area contributed by atoms with E-state index in [9.17, 15) is 0 Å². The molecule has 0 aromatic rings. The highest BCUT2D eigenvalue weighted by molar-refractivity contribution is 4.61. The normalized spacial score (nSPS) is 23.8. The van der Waals surface area contributed by atoms with Crippen molar-refractivity contribution in [3.05, 3.63) is 6.57 Å². The van der Waals surface area contributed by atoms with Crippen LogP contribution in [0.4, 0.5) is 0 Å². The van der Waals surface area contributed by atoms with Crippen LogP contribution < -0.4 is 4.90 Å². The highest BCUT2D eigenvalue weighted by atomic mass is 15.2. The van der Waals surface area contributed by atoms with Crippen molar-refractivity contribution in [3.63, 3.8) is 0 Å². The van der Waals surface area contributed by atoms with Crippen LogP contribution in [0.5, 0.6) is 0 Å². The number of nitrogens with one attached hydrogen (secondary N) is 1. The van der Waals surface area contributed by atoms with E-state index in [4.69, 9.17) is 11.8 Å². The lowest BCUT2D eigenvalue weighted by Gasteiger charge is -2.32. The van der Waals surface area contributed by atoms with Crippen molar-refractivity contribution in [1.82, 2.24) is 0 Å². The van der Waals surface area contributed by atoms with Gasteiger partial charge in [-0.15, -0.1) is 0 Å². The molecule has 17 heavy (non-hydrogen) atoms. The Bertz CT molecular complexity index is 175. The van der Waals surface area contributed by atoms with Crippen molar-refractivity contribution in [1.29, 1.82) is 5.26 Å². The second kappa shape index (κ2) is 11.9. The maximum Gasteiger partial charge on any atom is 0.0874 e. The Morgan fingerprint density at radius 2 is 1.82 bits per heavy atom. The molecular formula is C15H30N2. The molecule has 1 N–H and O–H groups in total. The molecule has 2 heteroatoms. The summed E-state index contributed by atoms with van der Waals surface area (Å²) in [7, 11) is 0. The summed E-state index contributed by atoms with van der Waals surface area (Å²) in [5.74, 6) is 0. The summed E-state index contributed by atoms with van der Waals surface area (Å²) in [6, 6.07) is 1.00. The lowest BCUT2D eigenvalue weighted by molar-refractivity contribution is -0.931. The second-order valence-corrected chi connectivity index (χ2v) is 5.20. The van der Waals surface area contributed by atoms with Crippen LogP contribution in [0.15, 0.2) is 0 Å². The fourth-order valence-corrected chi connectivity index (χ4v) is 2.96. The van der Waals surface area contributed by atoms with E-state index >= 15 is 0 Å². The Morgan fingerprint density at radius 1 is 1.06 bits per heavy atom. The smallest absolute Gasteiger partial charge is 0.0874 e. The summed E-state index contributed by atoms with van der Waals surface area (Å²) in [6.07, 6.45) is 13.0. The Balaban J connectivity index is 0.00000121. The lowest BCUT2D eigenvalue weighted by Crippen LogP contribution is -3.16. The van der Waals surface area contributed by atoms with E-state index < -0.39 is 0 Å². The molecule has 0 radical (unpaired) electrons. The van der Waals surface area contributed by atoms with E-state index in [0.717, 1.165) is 6.04 Å². The monoisotopic (exact) mass is 238 g/mol. The third-order valence-corrected chi connectivity index (χ3v) is 3.87. The minimum atomic E-state index is 1.00. The predicted octanol–water partition coefficient (Wildman–Crippen LogP) is 2.90. The Kier molecular flexibility index (Phi) is 11.5. The van der Waals surface area contributed by atoms with Gasteiger partial charge in [-0.25, -0.2) is 0 Å². The van der Waals surface area contributed by atoms with Crippen molar-refractivity contribution >= 4 is 0 Å². The molecule has 100 valence electrons. The highest BCUT2D eigenvalue weighted by Gasteiger charge is 2.24. The largest absolute Gasteiger partial charge is 0.512 e. The number of nitrogens with zero attached hydrogens (tertiary/aromatic N) is 1. The molecule has 0 spiro atoms. The maximum absolute atomic E-state index is 6.25. The number of likely N-dealkylation sites (tertiary alicyclic amines) is 1.